The van der Waals surface area contributed by atoms with Crippen LogP contribution in [0.2, 0.25) is 0 Å². The van der Waals surface area contributed by atoms with Crippen LogP contribution in [0.1, 0.15) is 23.0 Å². The maximum atomic E-state index is 12.1. The first-order chi connectivity index (χ1) is 12.1. The third-order valence-corrected chi connectivity index (χ3v) is 5.77. The second-order valence-electron chi connectivity index (χ2n) is 5.28. The van der Waals surface area contributed by atoms with Gasteiger partial charge < -0.3 is 10.1 Å². The van der Waals surface area contributed by atoms with Crippen molar-refractivity contribution in [2.45, 2.75) is 13.3 Å². The molecule has 3 aromatic rings. The van der Waals surface area contributed by atoms with Gasteiger partial charge in [-0.15, -0.1) is 22.7 Å². The van der Waals surface area contributed by atoms with Crippen molar-refractivity contribution in [3.63, 3.8) is 0 Å². The number of fused-ring (bicyclic) bond motifs is 3. The average molecular weight is 376 g/mol. The van der Waals surface area contributed by atoms with E-state index in [1.807, 2.05) is 31.2 Å². The van der Waals surface area contributed by atoms with Crippen LogP contribution < -0.4 is 10.6 Å². The molecule has 0 atom stereocenters. The molecule has 8 heteroatoms. The Labute approximate surface area is 151 Å². The standard InChI is InChI=1S/C17H16N2O4S2/c1-2-7-18-17(22)19-14(20)9-23-16(21)13-8-12-15(25-13)10-5-3-4-6-11(10)24-12/h3-6,8H,2,7,9H2,1H3,(H2,18,19,20,22). The highest BCUT2D eigenvalue weighted by molar-refractivity contribution is 7.33. The molecule has 2 heterocycles. The Balaban J connectivity index is 1.60. The minimum atomic E-state index is -0.661. The number of imide groups is 1. The number of carbonyl (C=O) groups excluding carboxylic acids is 3. The normalized spacial score (nSPS) is 10.8. The highest BCUT2D eigenvalue weighted by atomic mass is 32.1. The topological polar surface area (TPSA) is 84.5 Å². The Kier molecular flexibility index (Phi) is 5.30. The van der Waals surface area contributed by atoms with Gasteiger partial charge in [0.15, 0.2) is 6.61 Å². The molecule has 0 aliphatic heterocycles. The molecule has 0 radical (unpaired) electrons. The van der Waals surface area contributed by atoms with Crippen LogP contribution >= 0.6 is 22.7 Å². The molecule has 0 spiro atoms. The summed E-state index contributed by atoms with van der Waals surface area (Å²) in [7, 11) is 0. The predicted molar refractivity (Wildman–Crippen MR) is 99.3 cm³/mol. The van der Waals surface area contributed by atoms with Crippen LogP contribution in [0, 0.1) is 0 Å². The first kappa shape index (κ1) is 17.4. The molecule has 3 rings (SSSR count). The number of nitrogens with one attached hydrogen (secondary N) is 2. The molecule has 1 aromatic carbocycles. The number of benzene rings is 1. The summed E-state index contributed by atoms with van der Waals surface area (Å²) >= 11 is 2.95. The molecule has 0 saturated carbocycles. The van der Waals surface area contributed by atoms with Gasteiger partial charge in [0.25, 0.3) is 5.91 Å². The molecule has 130 valence electrons. The van der Waals surface area contributed by atoms with Gasteiger partial charge in [-0.3, -0.25) is 10.1 Å². The number of amides is 3. The number of carbonyl (C=O) groups is 3. The Bertz CT molecular complexity index is 945. The van der Waals surface area contributed by atoms with E-state index in [0.717, 1.165) is 21.2 Å². The van der Waals surface area contributed by atoms with Gasteiger partial charge in [0.2, 0.25) is 0 Å². The van der Waals surface area contributed by atoms with Crippen LogP contribution in [0.15, 0.2) is 30.3 Å². The maximum Gasteiger partial charge on any atom is 0.348 e. The van der Waals surface area contributed by atoms with Crippen molar-refractivity contribution >= 4 is 60.1 Å². The van der Waals surface area contributed by atoms with Crippen LogP contribution in [-0.2, 0) is 9.53 Å². The number of urea groups is 1. The summed E-state index contributed by atoms with van der Waals surface area (Å²) in [6, 6.07) is 9.18. The molecule has 0 aliphatic rings. The van der Waals surface area contributed by atoms with Crippen molar-refractivity contribution in [2.24, 2.45) is 0 Å². The maximum absolute atomic E-state index is 12.1. The summed E-state index contributed by atoms with van der Waals surface area (Å²) in [4.78, 5) is 35.5. The van der Waals surface area contributed by atoms with Crippen molar-refractivity contribution in [2.75, 3.05) is 13.2 Å². The van der Waals surface area contributed by atoms with Crippen LogP contribution in [0.4, 0.5) is 4.79 Å². The van der Waals surface area contributed by atoms with E-state index in [4.69, 9.17) is 4.74 Å². The van der Waals surface area contributed by atoms with Crippen LogP contribution in [0.3, 0.4) is 0 Å². The molecule has 0 bridgehead atoms. The lowest BCUT2D eigenvalue weighted by atomic mass is 10.2. The van der Waals surface area contributed by atoms with E-state index in [1.165, 1.54) is 16.0 Å². The lowest BCUT2D eigenvalue weighted by Gasteiger charge is -2.05. The van der Waals surface area contributed by atoms with Crippen molar-refractivity contribution in [1.29, 1.82) is 0 Å². The van der Waals surface area contributed by atoms with Crippen molar-refractivity contribution in [3.05, 3.63) is 35.2 Å². The SMILES string of the molecule is CCCNC(=O)NC(=O)COC(=O)c1cc2sc3ccccc3c2s1. The van der Waals surface area contributed by atoms with Gasteiger partial charge in [0.05, 0.1) is 4.70 Å². The molecule has 0 aliphatic carbocycles. The average Bonchev–Trinajstić information content (AvgIpc) is 3.15. The zero-order chi connectivity index (χ0) is 17.8. The second kappa shape index (κ2) is 7.62. The van der Waals surface area contributed by atoms with Gasteiger partial charge in [0.1, 0.15) is 4.88 Å². The van der Waals surface area contributed by atoms with Crippen molar-refractivity contribution in [3.8, 4) is 0 Å². The minimum Gasteiger partial charge on any atom is -0.451 e. The fourth-order valence-electron chi connectivity index (χ4n) is 2.25. The van der Waals surface area contributed by atoms with E-state index in [-0.39, 0.29) is 0 Å². The van der Waals surface area contributed by atoms with E-state index in [1.54, 1.807) is 17.4 Å². The van der Waals surface area contributed by atoms with E-state index >= 15 is 0 Å². The molecule has 3 amide bonds. The summed E-state index contributed by atoms with van der Waals surface area (Å²) in [5, 5.41) is 5.72. The molecule has 0 saturated heterocycles. The summed E-state index contributed by atoms with van der Waals surface area (Å²) < 4.78 is 8.21. The van der Waals surface area contributed by atoms with Gasteiger partial charge in [-0.05, 0) is 18.6 Å². The number of ether oxygens (including phenoxy) is 1. The second-order valence-corrected chi connectivity index (χ2v) is 7.42. The minimum absolute atomic E-state index is 0.440. The van der Waals surface area contributed by atoms with E-state index in [0.29, 0.717) is 11.4 Å². The highest BCUT2D eigenvalue weighted by Crippen LogP contribution is 2.39. The molecule has 0 fully saturated rings. The van der Waals surface area contributed by atoms with Crippen LogP contribution in [-0.4, -0.2) is 31.1 Å². The number of esters is 1. The highest BCUT2D eigenvalue weighted by Gasteiger charge is 2.17. The predicted octanol–water partition coefficient (Wildman–Crippen LogP) is 3.51. The monoisotopic (exact) mass is 376 g/mol. The molecule has 2 N–H and O–H groups in total. The Morgan fingerprint density at radius 1 is 1.12 bits per heavy atom. The van der Waals surface area contributed by atoms with E-state index in [9.17, 15) is 14.4 Å². The van der Waals surface area contributed by atoms with Gasteiger partial charge in [-0.2, -0.15) is 0 Å². The fourth-order valence-corrected chi connectivity index (χ4v) is 4.67. The first-order valence-electron chi connectivity index (χ1n) is 7.74. The number of rotatable bonds is 5. The third-order valence-electron chi connectivity index (χ3n) is 3.37. The van der Waals surface area contributed by atoms with Gasteiger partial charge in [-0.25, -0.2) is 9.59 Å². The summed E-state index contributed by atoms with van der Waals surface area (Å²) in [5.74, 6) is -1.23. The zero-order valence-electron chi connectivity index (χ0n) is 13.5. The zero-order valence-corrected chi connectivity index (χ0v) is 15.1. The summed E-state index contributed by atoms with van der Waals surface area (Å²) in [6.07, 6.45) is 0.765. The largest absolute Gasteiger partial charge is 0.451 e. The number of hydrogen-bond acceptors (Lipinski definition) is 6. The number of thiophene rings is 2. The fraction of sp³-hybridized carbons (Fsp3) is 0.235. The first-order valence-corrected chi connectivity index (χ1v) is 9.37. The third kappa shape index (κ3) is 3.97. The molecule has 6 nitrogen and oxygen atoms in total. The van der Waals surface area contributed by atoms with Gasteiger partial charge in [-0.1, -0.05) is 25.1 Å². The molecular formula is C17H16N2O4S2. The Hall–Kier alpha value is -2.45. The van der Waals surface area contributed by atoms with E-state index < -0.39 is 24.5 Å². The van der Waals surface area contributed by atoms with Gasteiger partial charge in [0, 0.05) is 21.3 Å². The molecular weight excluding hydrogens is 360 g/mol. The quantitative estimate of drug-likeness (QED) is 0.668. The Morgan fingerprint density at radius 3 is 2.72 bits per heavy atom. The smallest absolute Gasteiger partial charge is 0.348 e. The van der Waals surface area contributed by atoms with E-state index in [2.05, 4.69) is 10.6 Å². The molecule has 25 heavy (non-hydrogen) atoms. The van der Waals surface area contributed by atoms with Crippen LogP contribution in [0.25, 0.3) is 19.5 Å². The number of hydrogen-bond donors (Lipinski definition) is 2. The molecule has 2 aromatic heterocycles. The summed E-state index contributed by atoms with van der Waals surface area (Å²) in [5.41, 5.74) is 0. The van der Waals surface area contributed by atoms with Crippen LogP contribution in [0.5, 0.6) is 0 Å². The Morgan fingerprint density at radius 2 is 1.92 bits per heavy atom. The lowest BCUT2D eigenvalue weighted by Crippen LogP contribution is -2.41. The lowest BCUT2D eigenvalue weighted by molar-refractivity contribution is -0.123. The van der Waals surface area contributed by atoms with Gasteiger partial charge >= 0.3 is 12.0 Å². The van der Waals surface area contributed by atoms with Crippen molar-refractivity contribution in [1.82, 2.24) is 10.6 Å². The summed E-state index contributed by atoms with van der Waals surface area (Å²) in [6.45, 7) is 1.88. The molecule has 0 unspecified atom stereocenters. The van der Waals surface area contributed by atoms with Crippen molar-refractivity contribution < 1.29 is 19.1 Å².